The van der Waals surface area contributed by atoms with E-state index in [4.69, 9.17) is 9.26 Å². The van der Waals surface area contributed by atoms with E-state index in [1.807, 2.05) is 6.07 Å². The molecular formula is C20H30N4O2. The van der Waals surface area contributed by atoms with E-state index in [1.54, 1.807) is 7.05 Å². The fraction of sp³-hybridized carbons (Fsp3) is 0.500. The Hall–Kier alpha value is -2.50. The smallest absolute Gasteiger partial charge is 0.191 e. The number of hydrogen-bond acceptors (Lipinski definition) is 4. The van der Waals surface area contributed by atoms with Crippen LogP contribution in [-0.2, 0) is 19.4 Å². The van der Waals surface area contributed by atoms with Gasteiger partial charge in [0.1, 0.15) is 18.1 Å². The monoisotopic (exact) mass is 358 g/mol. The van der Waals surface area contributed by atoms with Crippen molar-refractivity contribution in [2.75, 3.05) is 20.2 Å². The van der Waals surface area contributed by atoms with Gasteiger partial charge in [-0.3, -0.25) is 4.99 Å². The van der Waals surface area contributed by atoms with Crippen LogP contribution in [-0.4, -0.2) is 31.3 Å². The molecule has 1 aromatic heterocycles. The Balaban J connectivity index is 1.82. The highest BCUT2D eigenvalue weighted by Crippen LogP contribution is 2.21. The van der Waals surface area contributed by atoms with E-state index in [1.165, 1.54) is 0 Å². The Labute approximate surface area is 156 Å². The van der Waals surface area contributed by atoms with Crippen LogP contribution in [0.1, 0.15) is 42.0 Å². The zero-order valence-corrected chi connectivity index (χ0v) is 16.5. The average Bonchev–Trinajstić information content (AvgIpc) is 3.05. The van der Waals surface area contributed by atoms with Crippen LogP contribution in [0.25, 0.3) is 0 Å². The summed E-state index contributed by atoms with van der Waals surface area (Å²) < 4.78 is 11.3. The molecule has 2 rings (SSSR count). The third-order valence-electron chi connectivity index (χ3n) is 4.31. The number of benzene rings is 1. The predicted molar refractivity (Wildman–Crippen MR) is 105 cm³/mol. The molecule has 0 saturated heterocycles. The summed E-state index contributed by atoms with van der Waals surface area (Å²) in [5.74, 6) is 2.63. The topological polar surface area (TPSA) is 71.7 Å². The maximum absolute atomic E-state index is 5.92. The highest BCUT2D eigenvalue weighted by atomic mass is 16.5. The molecule has 0 saturated carbocycles. The van der Waals surface area contributed by atoms with E-state index in [0.717, 1.165) is 52.7 Å². The Morgan fingerprint density at radius 3 is 2.50 bits per heavy atom. The average molecular weight is 358 g/mol. The van der Waals surface area contributed by atoms with E-state index < -0.39 is 0 Å². The molecule has 0 amide bonds. The largest absolute Gasteiger partial charge is 0.491 e. The Morgan fingerprint density at radius 2 is 1.88 bits per heavy atom. The number of hydrogen-bond donors (Lipinski definition) is 2. The molecule has 0 aliphatic heterocycles. The second kappa shape index (κ2) is 9.85. The maximum Gasteiger partial charge on any atom is 0.191 e. The lowest BCUT2D eigenvalue weighted by atomic mass is 10.1. The molecule has 0 aliphatic carbocycles. The fourth-order valence-corrected chi connectivity index (χ4v) is 2.88. The summed E-state index contributed by atoms with van der Waals surface area (Å²) in [6, 6.07) is 6.17. The minimum absolute atomic E-state index is 0.570. The van der Waals surface area contributed by atoms with Crippen LogP contribution in [0.5, 0.6) is 5.75 Å². The van der Waals surface area contributed by atoms with Gasteiger partial charge < -0.3 is 19.9 Å². The summed E-state index contributed by atoms with van der Waals surface area (Å²) in [7, 11) is 1.76. The summed E-state index contributed by atoms with van der Waals surface area (Å²) in [5, 5.41) is 10.7. The molecule has 0 atom stereocenters. The molecule has 0 bridgehead atoms. The lowest BCUT2D eigenvalue weighted by molar-refractivity contribution is 0.317. The van der Waals surface area contributed by atoms with Gasteiger partial charge in [-0.15, -0.1) is 0 Å². The zero-order valence-electron chi connectivity index (χ0n) is 16.5. The fourth-order valence-electron chi connectivity index (χ4n) is 2.88. The van der Waals surface area contributed by atoms with Crippen molar-refractivity contribution in [1.29, 1.82) is 0 Å². The summed E-state index contributed by atoms with van der Waals surface area (Å²) >= 11 is 0. The van der Waals surface area contributed by atoms with Gasteiger partial charge in [-0.05, 0) is 31.4 Å². The van der Waals surface area contributed by atoms with Crippen molar-refractivity contribution in [1.82, 2.24) is 15.8 Å². The van der Waals surface area contributed by atoms with E-state index >= 15 is 0 Å². The first-order valence-electron chi connectivity index (χ1n) is 9.20. The van der Waals surface area contributed by atoms with Gasteiger partial charge in [-0.2, -0.15) is 0 Å². The molecule has 26 heavy (non-hydrogen) atoms. The number of aryl methyl sites for hydroxylation is 4. The van der Waals surface area contributed by atoms with Gasteiger partial charge in [0.25, 0.3) is 0 Å². The molecule has 0 aliphatic rings. The first-order valence-corrected chi connectivity index (χ1v) is 9.20. The van der Waals surface area contributed by atoms with Crippen LogP contribution in [0, 0.1) is 13.8 Å². The van der Waals surface area contributed by atoms with Crippen molar-refractivity contribution in [3.63, 3.8) is 0 Å². The van der Waals surface area contributed by atoms with Crippen molar-refractivity contribution in [2.45, 2.75) is 47.1 Å². The number of aliphatic imine (C=N–C) groups is 1. The van der Waals surface area contributed by atoms with Crippen molar-refractivity contribution in [3.05, 3.63) is 46.3 Å². The second-order valence-corrected chi connectivity index (χ2v) is 6.16. The number of rotatable bonds is 8. The van der Waals surface area contributed by atoms with Crippen molar-refractivity contribution in [3.8, 4) is 5.75 Å². The van der Waals surface area contributed by atoms with Gasteiger partial charge in [0, 0.05) is 25.6 Å². The second-order valence-electron chi connectivity index (χ2n) is 6.16. The van der Waals surface area contributed by atoms with E-state index in [-0.39, 0.29) is 0 Å². The Bertz CT molecular complexity index is 696. The Kier molecular flexibility index (Phi) is 7.51. The van der Waals surface area contributed by atoms with E-state index in [2.05, 4.69) is 60.6 Å². The van der Waals surface area contributed by atoms with Crippen LogP contribution < -0.4 is 15.4 Å². The van der Waals surface area contributed by atoms with Gasteiger partial charge in [0.05, 0.1) is 12.2 Å². The number of ether oxygens (including phenoxy) is 1. The first-order chi connectivity index (χ1) is 12.6. The molecule has 6 nitrogen and oxygen atoms in total. The number of aromatic nitrogens is 1. The van der Waals surface area contributed by atoms with E-state index in [0.29, 0.717) is 19.7 Å². The van der Waals surface area contributed by atoms with Crippen molar-refractivity contribution in [2.24, 2.45) is 4.99 Å². The standard InChI is InChI=1S/C20H30N4O2/c1-6-17-16(18(7-2)26-24-17)13-23-20(21-5)22-11-12-25-19-14(3)9-8-10-15(19)4/h8-10H,6-7,11-13H2,1-5H3,(H2,21,22,23). The summed E-state index contributed by atoms with van der Waals surface area (Å²) in [5.41, 5.74) is 4.44. The molecular weight excluding hydrogens is 328 g/mol. The molecule has 0 unspecified atom stereocenters. The predicted octanol–water partition coefficient (Wildman–Crippen LogP) is 3.16. The van der Waals surface area contributed by atoms with Crippen LogP contribution in [0.3, 0.4) is 0 Å². The lowest BCUT2D eigenvalue weighted by Crippen LogP contribution is -2.39. The highest BCUT2D eigenvalue weighted by molar-refractivity contribution is 5.79. The van der Waals surface area contributed by atoms with Crippen LogP contribution in [0.15, 0.2) is 27.7 Å². The molecule has 1 heterocycles. The molecule has 142 valence electrons. The quantitative estimate of drug-likeness (QED) is 0.431. The molecule has 0 spiro atoms. The SMILES string of the molecule is CCc1noc(CC)c1CNC(=NC)NCCOc1c(C)cccc1C. The van der Waals surface area contributed by atoms with Gasteiger partial charge in [0.15, 0.2) is 5.96 Å². The highest BCUT2D eigenvalue weighted by Gasteiger charge is 2.13. The van der Waals surface area contributed by atoms with Crippen LogP contribution in [0.2, 0.25) is 0 Å². The molecule has 1 aromatic carbocycles. The van der Waals surface area contributed by atoms with Gasteiger partial charge in [-0.1, -0.05) is 37.2 Å². The van der Waals surface area contributed by atoms with Crippen molar-refractivity contribution < 1.29 is 9.26 Å². The summed E-state index contributed by atoms with van der Waals surface area (Å²) in [4.78, 5) is 4.27. The van der Waals surface area contributed by atoms with Crippen LogP contribution in [0.4, 0.5) is 0 Å². The van der Waals surface area contributed by atoms with Gasteiger partial charge in [-0.25, -0.2) is 0 Å². The zero-order chi connectivity index (χ0) is 18.9. The Morgan fingerprint density at radius 1 is 1.15 bits per heavy atom. The summed E-state index contributed by atoms with van der Waals surface area (Å²) in [6.45, 7) is 10.2. The molecule has 2 N–H and O–H groups in total. The third kappa shape index (κ3) is 5.00. The molecule has 2 aromatic rings. The number of nitrogens with zero attached hydrogens (tertiary/aromatic N) is 2. The minimum Gasteiger partial charge on any atom is -0.491 e. The molecule has 0 fully saturated rings. The summed E-state index contributed by atoms with van der Waals surface area (Å²) in [6.07, 6.45) is 1.69. The number of para-hydroxylation sites is 1. The molecule has 0 radical (unpaired) electrons. The maximum atomic E-state index is 5.92. The number of guanidine groups is 1. The van der Waals surface area contributed by atoms with Crippen molar-refractivity contribution >= 4 is 5.96 Å². The lowest BCUT2D eigenvalue weighted by Gasteiger charge is -2.14. The van der Waals surface area contributed by atoms with E-state index in [9.17, 15) is 0 Å². The normalized spacial score (nSPS) is 11.5. The number of nitrogens with one attached hydrogen (secondary N) is 2. The third-order valence-corrected chi connectivity index (χ3v) is 4.31. The van der Waals surface area contributed by atoms with Gasteiger partial charge >= 0.3 is 0 Å². The van der Waals surface area contributed by atoms with Gasteiger partial charge in [0.2, 0.25) is 0 Å². The minimum atomic E-state index is 0.570. The first kappa shape index (κ1) is 19.8. The molecule has 6 heteroatoms. The van der Waals surface area contributed by atoms with Crippen LogP contribution >= 0.6 is 0 Å².